The number of methoxy groups -OCH3 is 1. The van der Waals surface area contributed by atoms with Crippen LogP contribution in [-0.4, -0.2) is 29.4 Å². The number of nitrogens with zero attached hydrogens (tertiary/aromatic N) is 2. The van der Waals surface area contributed by atoms with Crippen molar-refractivity contribution in [2.75, 3.05) is 19.2 Å². The third-order valence-electron chi connectivity index (χ3n) is 3.97. The van der Waals surface area contributed by atoms with Crippen molar-refractivity contribution in [3.05, 3.63) is 48.3 Å². The van der Waals surface area contributed by atoms with Gasteiger partial charge in [-0.1, -0.05) is 12.1 Å². The van der Waals surface area contributed by atoms with Crippen molar-refractivity contribution in [2.24, 2.45) is 0 Å². The topological polar surface area (TPSA) is 74.6 Å². The van der Waals surface area contributed by atoms with E-state index in [-0.39, 0.29) is 19.2 Å². The predicted octanol–water partition coefficient (Wildman–Crippen LogP) is 2.55. The van der Waals surface area contributed by atoms with E-state index >= 15 is 0 Å². The Kier molecular flexibility index (Phi) is 3.99. The number of nitrogens with one attached hydrogen (secondary N) is 1. The first-order valence-corrected chi connectivity index (χ1v) is 7.87. The summed E-state index contributed by atoms with van der Waals surface area (Å²) in [5, 5.41) is 2.88. The zero-order valence-electron chi connectivity index (χ0n) is 13.7. The van der Waals surface area contributed by atoms with E-state index in [1.54, 1.807) is 25.3 Å². The summed E-state index contributed by atoms with van der Waals surface area (Å²) in [6, 6.07) is 13.0. The molecule has 0 radical (unpaired) electrons. The molecule has 1 aromatic heterocycles. The van der Waals surface area contributed by atoms with Crippen LogP contribution in [0.3, 0.4) is 0 Å². The van der Waals surface area contributed by atoms with Gasteiger partial charge in [0.15, 0.2) is 11.5 Å². The van der Waals surface area contributed by atoms with Crippen LogP contribution in [0.15, 0.2) is 42.5 Å². The fraction of sp³-hybridized carbons (Fsp3) is 0.222. The van der Waals surface area contributed by atoms with Crippen molar-refractivity contribution < 1.29 is 19.0 Å². The molecule has 2 heterocycles. The summed E-state index contributed by atoms with van der Waals surface area (Å²) in [6.45, 7) is 0.688. The van der Waals surface area contributed by atoms with E-state index in [9.17, 15) is 4.79 Å². The Bertz CT molecular complexity index is 935. The van der Waals surface area contributed by atoms with Crippen molar-refractivity contribution in [1.82, 2.24) is 9.55 Å². The number of hydrogen-bond acceptors (Lipinski definition) is 5. The highest BCUT2D eigenvalue weighted by Gasteiger charge is 2.16. The molecule has 0 atom stereocenters. The lowest BCUT2D eigenvalue weighted by Crippen LogP contribution is -2.20. The molecule has 0 saturated heterocycles. The summed E-state index contributed by atoms with van der Waals surface area (Å²) in [4.78, 5) is 17.0. The minimum absolute atomic E-state index is 0.146. The molecule has 25 heavy (non-hydrogen) atoms. The molecule has 0 unspecified atom stereocenters. The van der Waals surface area contributed by atoms with Crippen LogP contribution in [0.25, 0.3) is 11.0 Å². The second kappa shape index (κ2) is 6.45. The zero-order chi connectivity index (χ0) is 17.2. The van der Waals surface area contributed by atoms with Crippen molar-refractivity contribution >= 4 is 22.6 Å². The van der Waals surface area contributed by atoms with Gasteiger partial charge < -0.3 is 24.1 Å². The summed E-state index contributed by atoms with van der Waals surface area (Å²) >= 11 is 0. The lowest BCUT2D eigenvalue weighted by molar-refractivity contribution is -0.116. The number of carbonyl (C=O) groups is 1. The summed E-state index contributed by atoms with van der Waals surface area (Å²) in [5.41, 5.74) is 2.40. The van der Waals surface area contributed by atoms with E-state index in [2.05, 4.69) is 10.3 Å². The Labute approximate surface area is 144 Å². The molecule has 7 nitrogen and oxygen atoms in total. The Morgan fingerprint density at radius 1 is 1.24 bits per heavy atom. The van der Waals surface area contributed by atoms with E-state index in [4.69, 9.17) is 14.2 Å². The fourth-order valence-corrected chi connectivity index (χ4v) is 2.86. The lowest BCUT2D eigenvalue weighted by atomic mass is 10.2. The molecule has 128 valence electrons. The Morgan fingerprint density at radius 2 is 2.08 bits per heavy atom. The number of amides is 1. The van der Waals surface area contributed by atoms with Gasteiger partial charge in [0, 0.05) is 18.9 Å². The van der Waals surface area contributed by atoms with E-state index in [0.29, 0.717) is 29.6 Å². The standard InChI is InChI=1S/C18H17N3O4/c1-23-10-17-20-13-4-2-3-5-14(13)21(17)9-18(22)19-12-6-7-15-16(8-12)25-11-24-15/h2-8H,9-11H2,1H3,(H,19,22). The first-order chi connectivity index (χ1) is 12.2. The molecule has 1 amide bonds. The van der Waals surface area contributed by atoms with Crippen LogP contribution < -0.4 is 14.8 Å². The van der Waals surface area contributed by atoms with Crippen LogP contribution in [0.5, 0.6) is 11.5 Å². The van der Waals surface area contributed by atoms with Crippen LogP contribution in [0.4, 0.5) is 5.69 Å². The quantitative estimate of drug-likeness (QED) is 0.773. The van der Waals surface area contributed by atoms with Gasteiger partial charge in [-0.15, -0.1) is 0 Å². The fourth-order valence-electron chi connectivity index (χ4n) is 2.86. The molecule has 1 aliphatic heterocycles. The average molecular weight is 339 g/mol. The maximum Gasteiger partial charge on any atom is 0.244 e. The summed E-state index contributed by atoms with van der Waals surface area (Å²) in [7, 11) is 1.61. The first kappa shape index (κ1) is 15.5. The molecule has 2 aromatic carbocycles. The minimum Gasteiger partial charge on any atom is -0.454 e. The third-order valence-corrected chi connectivity index (χ3v) is 3.97. The van der Waals surface area contributed by atoms with Crippen LogP contribution in [0.1, 0.15) is 5.82 Å². The van der Waals surface area contributed by atoms with Crippen LogP contribution in [0.2, 0.25) is 0 Å². The molecular weight excluding hydrogens is 322 g/mol. The molecule has 4 rings (SSSR count). The molecule has 0 spiro atoms. The highest BCUT2D eigenvalue weighted by Crippen LogP contribution is 2.34. The average Bonchev–Trinajstić information content (AvgIpc) is 3.20. The number of ether oxygens (including phenoxy) is 3. The molecule has 7 heteroatoms. The van der Waals surface area contributed by atoms with E-state index in [0.717, 1.165) is 11.0 Å². The van der Waals surface area contributed by atoms with Crippen molar-refractivity contribution in [3.8, 4) is 11.5 Å². The Hall–Kier alpha value is -3.06. The number of para-hydroxylation sites is 2. The van der Waals surface area contributed by atoms with E-state index in [1.165, 1.54) is 0 Å². The predicted molar refractivity (Wildman–Crippen MR) is 91.6 cm³/mol. The molecule has 0 fully saturated rings. The Balaban J connectivity index is 1.56. The number of fused-ring (bicyclic) bond motifs is 2. The van der Waals surface area contributed by atoms with E-state index in [1.807, 2.05) is 28.8 Å². The number of aromatic nitrogens is 2. The number of anilines is 1. The highest BCUT2D eigenvalue weighted by molar-refractivity contribution is 5.92. The van der Waals surface area contributed by atoms with Gasteiger partial charge in [0.2, 0.25) is 12.7 Å². The number of benzene rings is 2. The molecule has 0 bridgehead atoms. The van der Waals surface area contributed by atoms with Gasteiger partial charge in [0.25, 0.3) is 0 Å². The number of imidazole rings is 1. The summed E-state index contributed by atoms with van der Waals surface area (Å²) in [6.07, 6.45) is 0. The number of carbonyl (C=O) groups excluding carboxylic acids is 1. The van der Waals surface area contributed by atoms with Gasteiger partial charge in [0.1, 0.15) is 19.0 Å². The SMILES string of the molecule is COCc1nc2ccccc2n1CC(=O)Nc1ccc2c(c1)OCO2. The molecule has 0 aliphatic carbocycles. The third kappa shape index (κ3) is 3.01. The second-order valence-corrected chi connectivity index (χ2v) is 5.65. The van der Waals surface area contributed by atoms with Gasteiger partial charge in [-0.05, 0) is 24.3 Å². The first-order valence-electron chi connectivity index (χ1n) is 7.87. The Morgan fingerprint density at radius 3 is 2.96 bits per heavy atom. The van der Waals surface area contributed by atoms with Gasteiger partial charge in [-0.25, -0.2) is 4.98 Å². The van der Waals surface area contributed by atoms with Crippen molar-refractivity contribution in [1.29, 1.82) is 0 Å². The summed E-state index contributed by atoms with van der Waals surface area (Å²) in [5.74, 6) is 1.87. The van der Waals surface area contributed by atoms with Gasteiger partial charge in [-0.3, -0.25) is 4.79 Å². The smallest absolute Gasteiger partial charge is 0.244 e. The van der Waals surface area contributed by atoms with Crippen LogP contribution in [0, 0.1) is 0 Å². The lowest BCUT2D eigenvalue weighted by Gasteiger charge is -2.10. The van der Waals surface area contributed by atoms with Gasteiger partial charge >= 0.3 is 0 Å². The second-order valence-electron chi connectivity index (χ2n) is 5.65. The zero-order valence-corrected chi connectivity index (χ0v) is 13.7. The molecule has 1 aliphatic rings. The van der Waals surface area contributed by atoms with Crippen molar-refractivity contribution in [3.63, 3.8) is 0 Å². The van der Waals surface area contributed by atoms with Gasteiger partial charge in [0.05, 0.1) is 11.0 Å². The van der Waals surface area contributed by atoms with Crippen LogP contribution in [-0.2, 0) is 22.7 Å². The maximum absolute atomic E-state index is 12.5. The summed E-state index contributed by atoms with van der Waals surface area (Å²) < 4.78 is 17.7. The minimum atomic E-state index is -0.153. The van der Waals surface area contributed by atoms with Crippen LogP contribution >= 0.6 is 0 Å². The van der Waals surface area contributed by atoms with Gasteiger partial charge in [-0.2, -0.15) is 0 Å². The molecule has 0 saturated carbocycles. The highest BCUT2D eigenvalue weighted by atomic mass is 16.7. The maximum atomic E-state index is 12.5. The monoisotopic (exact) mass is 339 g/mol. The largest absolute Gasteiger partial charge is 0.454 e. The van der Waals surface area contributed by atoms with Crippen molar-refractivity contribution in [2.45, 2.75) is 13.2 Å². The molecule has 1 N–H and O–H groups in total. The molecule has 3 aromatic rings. The number of hydrogen-bond donors (Lipinski definition) is 1. The normalized spacial score (nSPS) is 12.5. The molecular formula is C18H17N3O4. The van der Waals surface area contributed by atoms with E-state index < -0.39 is 0 Å². The number of rotatable bonds is 5.